The third-order valence-electron chi connectivity index (χ3n) is 4.36. The molecule has 0 aromatic heterocycles. The van der Waals surface area contributed by atoms with Crippen LogP contribution in [-0.4, -0.2) is 48.4 Å². The van der Waals surface area contributed by atoms with Crippen LogP contribution in [0.15, 0.2) is 24.3 Å². The van der Waals surface area contributed by atoms with E-state index in [9.17, 15) is 9.90 Å². The molecule has 2 rings (SSSR count). The van der Waals surface area contributed by atoms with Crippen LogP contribution in [-0.2, 0) is 6.42 Å². The molecule has 2 N–H and O–H groups in total. The maximum atomic E-state index is 12.2. The van der Waals surface area contributed by atoms with Crippen molar-refractivity contribution in [3.05, 3.63) is 29.8 Å². The molecule has 130 valence electrons. The minimum absolute atomic E-state index is 0.0469. The van der Waals surface area contributed by atoms with Gasteiger partial charge in [0, 0.05) is 25.6 Å². The number of aliphatic hydroxyl groups is 1. The summed E-state index contributed by atoms with van der Waals surface area (Å²) < 4.78 is 5.33. The number of rotatable bonds is 6. The minimum atomic E-state index is -0.365. The van der Waals surface area contributed by atoms with E-state index in [4.69, 9.17) is 11.2 Å². The Morgan fingerprint density at radius 3 is 2.92 bits per heavy atom. The predicted molar refractivity (Wildman–Crippen MR) is 93.9 cm³/mol. The van der Waals surface area contributed by atoms with Gasteiger partial charge in [-0.25, -0.2) is 4.79 Å². The Morgan fingerprint density at radius 2 is 2.25 bits per heavy atom. The Morgan fingerprint density at radius 1 is 1.50 bits per heavy atom. The number of carbonyl (C=O) groups is 1. The number of nitrogens with one attached hydrogen (secondary N) is 1. The Balaban J connectivity index is 1.73. The number of hydrogen-bond acceptors (Lipinski definition) is 3. The van der Waals surface area contributed by atoms with Crippen LogP contribution in [0.2, 0.25) is 0 Å². The fraction of sp³-hybridized carbons (Fsp3) is 0.526. The van der Waals surface area contributed by atoms with Crippen LogP contribution >= 0.6 is 0 Å². The first-order chi connectivity index (χ1) is 11.6. The minimum Gasteiger partial charge on any atom is -0.481 e. The van der Waals surface area contributed by atoms with Gasteiger partial charge in [-0.05, 0) is 43.9 Å². The fourth-order valence-electron chi connectivity index (χ4n) is 2.89. The Kier molecular flexibility index (Phi) is 6.95. The van der Waals surface area contributed by atoms with E-state index in [1.165, 1.54) is 0 Å². The van der Waals surface area contributed by atoms with E-state index in [0.29, 0.717) is 13.1 Å². The molecular weight excluding hydrogens is 304 g/mol. The highest BCUT2D eigenvalue weighted by molar-refractivity contribution is 5.74. The number of nitrogens with zero attached hydrogens (tertiary/aromatic N) is 1. The molecule has 0 bridgehead atoms. The zero-order valence-electron chi connectivity index (χ0n) is 14.2. The van der Waals surface area contributed by atoms with Gasteiger partial charge in [-0.2, -0.15) is 0 Å². The molecule has 2 amide bonds. The van der Waals surface area contributed by atoms with E-state index < -0.39 is 0 Å². The Bertz CT molecular complexity index is 563. The maximum absolute atomic E-state index is 12.2. The lowest BCUT2D eigenvalue weighted by atomic mass is 9.94. The van der Waals surface area contributed by atoms with Crippen LogP contribution in [0.25, 0.3) is 0 Å². The molecule has 1 fully saturated rings. The molecule has 1 saturated heterocycles. The summed E-state index contributed by atoms with van der Waals surface area (Å²) in [5.74, 6) is 3.36. The summed E-state index contributed by atoms with van der Waals surface area (Å²) in [6, 6.07) is 7.66. The molecular formula is C19H26N2O3. The summed E-state index contributed by atoms with van der Waals surface area (Å²) in [6.45, 7) is 4.03. The van der Waals surface area contributed by atoms with Crippen molar-refractivity contribution in [2.75, 3.05) is 26.2 Å². The molecule has 0 radical (unpaired) electrons. The Hall–Kier alpha value is -2.19. The zero-order valence-corrected chi connectivity index (χ0v) is 14.2. The first-order valence-corrected chi connectivity index (χ1v) is 8.46. The number of terminal acetylenes is 1. The van der Waals surface area contributed by atoms with Gasteiger partial charge in [0.15, 0.2) is 0 Å². The smallest absolute Gasteiger partial charge is 0.317 e. The highest BCUT2D eigenvalue weighted by Crippen LogP contribution is 2.19. The number of likely N-dealkylation sites (tertiary alicyclic amines) is 1. The Labute approximate surface area is 144 Å². The molecule has 5 nitrogen and oxygen atoms in total. The van der Waals surface area contributed by atoms with E-state index in [-0.39, 0.29) is 24.7 Å². The largest absolute Gasteiger partial charge is 0.481 e. The topological polar surface area (TPSA) is 61.8 Å². The van der Waals surface area contributed by atoms with Gasteiger partial charge < -0.3 is 20.1 Å². The van der Waals surface area contributed by atoms with Crippen LogP contribution in [0.3, 0.4) is 0 Å². The number of amides is 2. The van der Waals surface area contributed by atoms with Crippen molar-refractivity contribution < 1.29 is 14.6 Å². The van der Waals surface area contributed by atoms with Crippen molar-refractivity contribution in [2.24, 2.45) is 5.92 Å². The van der Waals surface area contributed by atoms with Gasteiger partial charge in [0.25, 0.3) is 0 Å². The third-order valence-corrected chi connectivity index (χ3v) is 4.36. The van der Waals surface area contributed by atoms with E-state index in [1.807, 2.05) is 24.3 Å². The number of hydrogen-bond donors (Lipinski definition) is 2. The molecule has 2 atom stereocenters. The third kappa shape index (κ3) is 5.47. The molecule has 1 aliphatic rings. The van der Waals surface area contributed by atoms with Crippen LogP contribution in [0.1, 0.15) is 25.3 Å². The molecule has 0 spiro atoms. The summed E-state index contributed by atoms with van der Waals surface area (Å²) in [5, 5.41) is 12.7. The number of aliphatic hydroxyl groups excluding tert-OH is 1. The predicted octanol–water partition coefficient (Wildman–Crippen LogP) is 2.04. The van der Waals surface area contributed by atoms with Gasteiger partial charge in [0.2, 0.25) is 0 Å². The summed E-state index contributed by atoms with van der Waals surface area (Å²) in [7, 11) is 0. The number of piperidine rings is 1. The monoisotopic (exact) mass is 330 g/mol. The normalized spacial score (nSPS) is 18.5. The maximum Gasteiger partial charge on any atom is 0.317 e. The number of benzene rings is 1. The van der Waals surface area contributed by atoms with E-state index in [2.05, 4.69) is 11.2 Å². The lowest BCUT2D eigenvalue weighted by Gasteiger charge is -2.34. The molecule has 1 aromatic carbocycles. The van der Waals surface area contributed by atoms with Gasteiger partial charge in [-0.3, -0.25) is 0 Å². The quantitative estimate of drug-likeness (QED) is 0.785. The summed E-state index contributed by atoms with van der Waals surface area (Å²) >= 11 is 0. The van der Waals surface area contributed by atoms with E-state index in [0.717, 1.165) is 37.1 Å². The van der Waals surface area contributed by atoms with Gasteiger partial charge in [0.1, 0.15) is 12.4 Å². The highest BCUT2D eigenvalue weighted by Gasteiger charge is 2.26. The van der Waals surface area contributed by atoms with E-state index >= 15 is 0 Å². The standard InChI is InChI=1S/C19H26N2O3/c1-3-13-24-18-8-6-16(7-9-18)10-11-20-19(23)21-12-4-5-17(14-21)15(2)22/h1,6-9,15,17,22H,4-5,10-14H2,2H3,(H,20,23)/t15-,17-/m0/s1. The van der Waals surface area contributed by atoms with Crippen molar-refractivity contribution in [3.8, 4) is 18.1 Å². The van der Waals surface area contributed by atoms with Crippen LogP contribution in [0.5, 0.6) is 5.75 Å². The molecule has 1 aliphatic heterocycles. The molecule has 24 heavy (non-hydrogen) atoms. The second-order valence-corrected chi connectivity index (χ2v) is 6.21. The van der Waals surface area contributed by atoms with Gasteiger partial charge in [0.05, 0.1) is 6.10 Å². The van der Waals surface area contributed by atoms with Gasteiger partial charge >= 0.3 is 6.03 Å². The fourth-order valence-corrected chi connectivity index (χ4v) is 2.89. The van der Waals surface area contributed by atoms with Crippen molar-refractivity contribution >= 4 is 6.03 Å². The second-order valence-electron chi connectivity index (χ2n) is 6.21. The average Bonchev–Trinajstić information content (AvgIpc) is 2.61. The lowest BCUT2D eigenvalue weighted by Crippen LogP contribution is -2.47. The van der Waals surface area contributed by atoms with Crippen molar-refractivity contribution in [1.29, 1.82) is 0 Å². The summed E-state index contributed by atoms with van der Waals surface area (Å²) in [4.78, 5) is 14.0. The first-order valence-electron chi connectivity index (χ1n) is 8.46. The highest BCUT2D eigenvalue weighted by atomic mass is 16.5. The number of urea groups is 1. The van der Waals surface area contributed by atoms with Crippen LogP contribution < -0.4 is 10.1 Å². The van der Waals surface area contributed by atoms with Crippen molar-refractivity contribution in [1.82, 2.24) is 10.2 Å². The molecule has 0 aliphatic carbocycles. The SMILES string of the molecule is C#CCOc1ccc(CCNC(=O)N2CCC[C@H]([C@H](C)O)C2)cc1. The molecule has 1 heterocycles. The van der Waals surface area contributed by atoms with Crippen LogP contribution in [0, 0.1) is 18.3 Å². The van der Waals surface area contributed by atoms with Gasteiger partial charge in [-0.1, -0.05) is 18.1 Å². The first kappa shape index (κ1) is 18.2. The second kappa shape index (κ2) is 9.19. The molecule has 1 aromatic rings. The van der Waals surface area contributed by atoms with Crippen LogP contribution in [0.4, 0.5) is 4.79 Å². The zero-order chi connectivity index (χ0) is 17.4. The number of ether oxygens (including phenoxy) is 1. The molecule has 0 unspecified atom stereocenters. The van der Waals surface area contributed by atoms with Crippen molar-refractivity contribution in [2.45, 2.75) is 32.3 Å². The number of carbonyl (C=O) groups excluding carboxylic acids is 1. The lowest BCUT2D eigenvalue weighted by molar-refractivity contribution is 0.0740. The van der Waals surface area contributed by atoms with E-state index in [1.54, 1.807) is 11.8 Å². The van der Waals surface area contributed by atoms with Gasteiger partial charge in [-0.15, -0.1) is 6.42 Å². The molecule has 5 heteroatoms. The van der Waals surface area contributed by atoms with Crippen molar-refractivity contribution in [3.63, 3.8) is 0 Å². The average molecular weight is 330 g/mol. The molecule has 0 saturated carbocycles. The summed E-state index contributed by atoms with van der Waals surface area (Å²) in [5.41, 5.74) is 1.13. The summed E-state index contributed by atoms with van der Waals surface area (Å²) in [6.07, 6.45) is 7.48.